The van der Waals surface area contributed by atoms with Crippen molar-refractivity contribution in [2.24, 2.45) is 28.9 Å². The Hall–Kier alpha value is -5.88. The van der Waals surface area contributed by atoms with Crippen LogP contribution in [0, 0.1) is 33.3 Å². The summed E-state index contributed by atoms with van der Waals surface area (Å²) in [4.78, 5) is 121. The molecule has 7 atom stereocenters. The molecule has 0 radical (unpaired) electrons. The summed E-state index contributed by atoms with van der Waals surface area (Å²) in [6.45, 7) is 5.21. The number of carboxylic acid groups (broad SMARTS) is 1. The van der Waals surface area contributed by atoms with Crippen molar-refractivity contribution in [3.63, 3.8) is 0 Å². The third-order valence-electron chi connectivity index (χ3n) is 13.9. The van der Waals surface area contributed by atoms with E-state index >= 15 is 4.79 Å². The fourth-order valence-corrected chi connectivity index (χ4v) is 10.3. The molecule has 7 N–H and O–H groups in total. The first kappa shape index (κ1) is 51.1. The number of hydrogen-bond acceptors (Lipinski definition) is 11. The van der Waals surface area contributed by atoms with Gasteiger partial charge < -0.3 is 41.7 Å². The van der Waals surface area contributed by atoms with Gasteiger partial charge >= 0.3 is 11.9 Å². The number of aromatic carboxylic acids is 1. The number of allylic oxidation sites excluding steroid dienone is 1. The van der Waals surface area contributed by atoms with Gasteiger partial charge in [0.25, 0.3) is 11.6 Å². The maximum atomic E-state index is 15.2. The molecule has 0 spiro atoms. The van der Waals surface area contributed by atoms with E-state index in [1.54, 1.807) is 25.7 Å². The lowest BCUT2D eigenvalue weighted by molar-refractivity contribution is -0.384. The first-order valence-electron chi connectivity index (χ1n) is 23.4. The summed E-state index contributed by atoms with van der Waals surface area (Å²) in [5.74, 6) is -6.67. The number of hydrogen-bond donors (Lipinski definition) is 6. The van der Waals surface area contributed by atoms with Crippen molar-refractivity contribution in [1.29, 1.82) is 0 Å². The molecular weight excluding hydrogens is 855 g/mol. The van der Waals surface area contributed by atoms with Crippen LogP contribution in [0.4, 0.5) is 5.69 Å². The molecule has 0 bridgehead atoms. The largest absolute Gasteiger partial charge is 0.478 e. The van der Waals surface area contributed by atoms with E-state index in [2.05, 4.69) is 26.0 Å². The number of nitrogens with zero attached hydrogens (tertiary/aromatic N) is 2. The molecule has 66 heavy (non-hydrogen) atoms. The lowest BCUT2D eigenvalue weighted by Gasteiger charge is -2.40. The van der Waals surface area contributed by atoms with Crippen LogP contribution >= 0.6 is 0 Å². The van der Waals surface area contributed by atoms with E-state index in [9.17, 15) is 48.8 Å². The van der Waals surface area contributed by atoms with Gasteiger partial charge in [0.1, 0.15) is 30.2 Å². The second kappa shape index (κ2) is 23.0. The molecule has 6 amide bonds. The highest BCUT2D eigenvalue weighted by Crippen LogP contribution is 2.41. The SMILES string of the molecule is COC(=O)/C=C/CC[C@H](NC(=O)c1cc([N+](=O)[O-])ccc1C(=O)O)C(=O)N[C@H](C(=O)N1C2CCCCC2C[C@H]1C(=O)NC(C(=O)N[C@H](C(N)=O)C1CCCCC1)C1CCCCC1)C(C)(C)C. The summed E-state index contributed by atoms with van der Waals surface area (Å²) in [5, 5.41) is 32.7. The van der Waals surface area contributed by atoms with Crippen molar-refractivity contribution in [2.45, 2.75) is 166 Å². The molecule has 3 unspecified atom stereocenters. The number of carbonyl (C=O) groups excluding carboxylic acids is 7. The third kappa shape index (κ3) is 12.9. The Labute approximate surface area is 385 Å². The maximum absolute atomic E-state index is 15.2. The molecule has 362 valence electrons. The van der Waals surface area contributed by atoms with Crippen LogP contribution in [0.15, 0.2) is 30.4 Å². The lowest BCUT2D eigenvalue weighted by Crippen LogP contribution is -2.63. The Morgan fingerprint density at radius 1 is 0.833 bits per heavy atom. The van der Waals surface area contributed by atoms with Crippen LogP contribution in [-0.4, -0.2) is 106 Å². The van der Waals surface area contributed by atoms with Crippen LogP contribution in [0.25, 0.3) is 0 Å². The molecule has 4 aliphatic rings. The Morgan fingerprint density at radius 3 is 2.02 bits per heavy atom. The standard InChI is InChI=1S/C47H67N7O12/c1-47(2,3)39(52-42(58)33(20-12-14-22-36(55)66-4)49-41(57)32-26-30(54(64)65)23-24-31(32)46(62)63)45(61)53-34-21-13-11-19-29(34)25-35(53)43(59)51-38(28-17-9-6-10-18-28)44(60)50-37(40(48)56)27-15-7-5-8-16-27/h14,22-24,26-29,33-35,37-39H,5-13,15-21,25H2,1-4H3,(H2,48,56)(H,49,57)(H,50,60)(H,51,59)(H,52,58)(H,62,63)/b22-14+/t29?,33-,34?,35-,37-,38?,39+/m0/s1. The van der Waals surface area contributed by atoms with Crippen LogP contribution < -0.4 is 27.0 Å². The van der Waals surface area contributed by atoms with Gasteiger partial charge in [0.2, 0.25) is 29.5 Å². The number of likely N-dealkylation sites (tertiary alicyclic amines) is 1. The van der Waals surface area contributed by atoms with Gasteiger partial charge in [-0.1, -0.05) is 78.2 Å². The van der Waals surface area contributed by atoms with E-state index in [0.29, 0.717) is 25.7 Å². The van der Waals surface area contributed by atoms with E-state index in [1.165, 1.54) is 13.2 Å². The smallest absolute Gasteiger partial charge is 0.336 e. The van der Waals surface area contributed by atoms with Crippen LogP contribution in [0.5, 0.6) is 0 Å². The molecule has 1 heterocycles. The number of primary amides is 1. The number of benzene rings is 1. The molecule has 3 aliphatic carbocycles. The highest BCUT2D eigenvalue weighted by molar-refractivity contribution is 6.07. The number of ether oxygens (including phenoxy) is 1. The minimum absolute atomic E-state index is 0.0248. The molecule has 1 saturated heterocycles. The molecule has 0 aromatic heterocycles. The first-order chi connectivity index (χ1) is 31.3. The number of nitro groups is 1. The number of nitrogens with one attached hydrogen (secondary N) is 4. The van der Waals surface area contributed by atoms with Gasteiger partial charge in [-0.3, -0.25) is 38.9 Å². The number of esters is 1. The Kier molecular flexibility index (Phi) is 17.8. The molecule has 1 aliphatic heterocycles. The average Bonchev–Trinajstić information content (AvgIpc) is 3.69. The van der Waals surface area contributed by atoms with Gasteiger partial charge in [-0.2, -0.15) is 0 Å². The summed E-state index contributed by atoms with van der Waals surface area (Å²) < 4.78 is 4.64. The van der Waals surface area contributed by atoms with E-state index in [4.69, 9.17) is 5.73 Å². The summed E-state index contributed by atoms with van der Waals surface area (Å²) in [6, 6.07) is -3.30. The normalized spacial score (nSPS) is 22.2. The number of amides is 6. The molecule has 3 saturated carbocycles. The quantitative estimate of drug-likeness (QED) is 0.0523. The minimum Gasteiger partial charge on any atom is -0.478 e. The van der Waals surface area contributed by atoms with Crippen molar-refractivity contribution in [1.82, 2.24) is 26.2 Å². The summed E-state index contributed by atoms with van der Waals surface area (Å²) >= 11 is 0. The fourth-order valence-electron chi connectivity index (χ4n) is 10.3. The number of carboxylic acids is 1. The zero-order chi connectivity index (χ0) is 48.3. The van der Waals surface area contributed by atoms with Gasteiger partial charge in [0, 0.05) is 24.3 Å². The monoisotopic (exact) mass is 921 g/mol. The van der Waals surface area contributed by atoms with Gasteiger partial charge in [0.05, 0.1) is 23.2 Å². The highest BCUT2D eigenvalue weighted by atomic mass is 16.6. The second-order valence-corrected chi connectivity index (χ2v) is 19.4. The summed E-state index contributed by atoms with van der Waals surface area (Å²) in [7, 11) is 1.18. The number of fused-ring (bicyclic) bond motifs is 1. The topological polar surface area (TPSA) is 287 Å². The molecule has 1 aromatic carbocycles. The van der Waals surface area contributed by atoms with Crippen LogP contribution in [0.1, 0.15) is 151 Å². The van der Waals surface area contributed by atoms with Crippen molar-refractivity contribution < 1.29 is 53.1 Å². The van der Waals surface area contributed by atoms with Crippen molar-refractivity contribution in [3.8, 4) is 0 Å². The predicted octanol–water partition coefficient (Wildman–Crippen LogP) is 4.21. The van der Waals surface area contributed by atoms with E-state index in [-0.39, 0.29) is 36.6 Å². The zero-order valence-corrected chi connectivity index (χ0v) is 38.5. The number of non-ortho nitro benzene ring substituents is 1. The van der Waals surface area contributed by atoms with Gasteiger partial charge in [-0.05, 0) is 87.0 Å². The number of nitrogens with two attached hydrogens (primary N) is 1. The number of carbonyl (C=O) groups is 8. The van der Waals surface area contributed by atoms with E-state index in [1.807, 2.05) is 0 Å². The Balaban J connectivity index is 1.44. The molecule has 5 rings (SSSR count). The van der Waals surface area contributed by atoms with E-state index < -0.39 is 105 Å². The Bertz CT molecular complexity index is 2020. The second-order valence-electron chi connectivity index (χ2n) is 19.4. The van der Waals surface area contributed by atoms with Crippen molar-refractivity contribution in [3.05, 3.63) is 51.6 Å². The molecular formula is C47H67N7O12. The van der Waals surface area contributed by atoms with Gasteiger partial charge in [-0.25, -0.2) is 9.59 Å². The molecule has 1 aromatic rings. The van der Waals surface area contributed by atoms with Crippen LogP contribution in [0.2, 0.25) is 0 Å². The molecule has 4 fully saturated rings. The maximum Gasteiger partial charge on any atom is 0.336 e. The van der Waals surface area contributed by atoms with Crippen LogP contribution in [0.3, 0.4) is 0 Å². The highest BCUT2D eigenvalue weighted by Gasteiger charge is 2.51. The number of rotatable bonds is 18. The zero-order valence-electron chi connectivity index (χ0n) is 38.5. The lowest BCUT2D eigenvalue weighted by atomic mass is 9.81. The van der Waals surface area contributed by atoms with Crippen molar-refractivity contribution in [2.75, 3.05) is 7.11 Å². The minimum atomic E-state index is -1.54. The van der Waals surface area contributed by atoms with Crippen molar-refractivity contribution >= 4 is 53.1 Å². The fraction of sp³-hybridized carbons (Fsp3) is 0.660. The molecule has 19 heteroatoms. The average molecular weight is 922 g/mol. The van der Waals surface area contributed by atoms with Gasteiger partial charge in [0.15, 0.2) is 0 Å². The number of nitro benzene ring substituents is 1. The predicted molar refractivity (Wildman–Crippen MR) is 240 cm³/mol. The van der Waals surface area contributed by atoms with E-state index in [0.717, 1.165) is 94.9 Å². The third-order valence-corrected chi connectivity index (χ3v) is 13.9. The summed E-state index contributed by atoms with van der Waals surface area (Å²) in [6.07, 6.45) is 14.3. The Morgan fingerprint density at radius 2 is 1.44 bits per heavy atom. The summed E-state index contributed by atoms with van der Waals surface area (Å²) in [5.41, 5.74) is 3.20. The number of methoxy groups -OCH3 is 1. The van der Waals surface area contributed by atoms with Crippen LogP contribution in [-0.2, 0) is 33.5 Å². The first-order valence-corrected chi connectivity index (χ1v) is 23.4. The van der Waals surface area contributed by atoms with Gasteiger partial charge in [-0.15, -0.1) is 0 Å². The molecule has 19 nitrogen and oxygen atoms in total.